The Hall–Kier alpha value is -4.57. The molecule has 0 saturated heterocycles. The van der Waals surface area contributed by atoms with E-state index in [0.717, 1.165) is 11.6 Å². The second kappa shape index (κ2) is 10.2. The van der Waals surface area contributed by atoms with Crippen LogP contribution in [0.15, 0.2) is 118 Å². The number of hydrogen-bond acceptors (Lipinski definition) is 4. The van der Waals surface area contributed by atoms with E-state index in [1.54, 1.807) is 0 Å². The second-order valence-corrected chi connectivity index (χ2v) is 7.33. The summed E-state index contributed by atoms with van der Waals surface area (Å²) in [5, 5.41) is 19.2. The van der Waals surface area contributed by atoms with Crippen LogP contribution in [0.3, 0.4) is 0 Å². The van der Waals surface area contributed by atoms with E-state index < -0.39 is 0 Å². The quantitative estimate of drug-likeness (QED) is 0.309. The zero-order valence-corrected chi connectivity index (χ0v) is 17.8. The van der Waals surface area contributed by atoms with E-state index in [0.29, 0.717) is 5.76 Å². The van der Waals surface area contributed by atoms with Crippen LogP contribution in [0.2, 0.25) is 0 Å². The van der Waals surface area contributed by atoms with Gasteiger partial charge in [0, 0.05) is 23.8 Å². The Labute approximate surface area is 191 Å². The molecule has 0 spiro atoms. The van der Waals surface area contributed by atoms with Crippen LogP contribution in [0, 0.1) is 0 Å². The molecule has 2 N–H and O–H groups in total. The minimum Gasteiger partial charge on any atom is -0.508 e. The first-order valence-corrected chi connectivity index (χ1v) is 10.4. The van der Waals surface area contributed by atoms with Gasteiger partial charge < -0.3 is 14.6 Å². The summed E-state index contributed by atoms with van der Waals surface area (Å²) in [7, 11) is 0. The lowest BCUT2D eigenvalue weighted by Gasteiger charge is -2.04. The van der Waals surface area contributed by atoms with Gasteiger partial charge in [-0.3, -0.25) is 4.79 Å². The van der Waals surface area contributed by atoms with E-state index in [1.807, 2.05) is 66.7 Å². The molecule has 4 nitrogen and oxygen atoms in total. The predicted molar refractivity (Wildman–Crippen MR) is 133 cm³/mol. The molecular weight excluding hydrogens is 412 g/mol. The Bertz CT molecular complexity index is 1380. The van der Waals surface area contributed by atoms with Crippen molar-refractivity contribution in [1.29, 1.82) is 0 Å². The lowest BCUT2D eigenvalue weighted by molar-refractivity contribution is 0.452. The summed E-state index contributed by atoms with van der Waals surface area (Å²) in [6.45, 7) is 0. The van der Waals surface area contributed by atoms with Crippen LogP contribution < -0.4 is 5.43 Å². The Kier molecular flexibility index (Phi) is 6.67. The van der Waals surface area contributed by atoms with Crippen molar-refractivity contribution in [3.05, 3.63) is 131 Å². The van der Waals surface area contributed by atoms with Crippen LogP contribution in [0.25, 0.3) is 34.4 Å². The lowest BCUT2D eigenvalue weighted by Crippen LogP contribution is -2.00. The molecule has 4 aromatic carbocycles. The van der Waals surface area contributed by atoms with Crippen LogP contribution in [-0.4, -0.2) is 10.2 Å². The van der Waals surface area contributed by atoms with Gasteiger partial charge in [0.2, 0.25) is 0 Å². The number of fused-ring (bicyclic) bond motifs is 1. The fourth-order valence-corrected chi connectivity index (χ4v) is 3.32. The van der Waals surface area contributed by atoms with Crippen LogP contribution in [0.4, 0.5) is 0 Å². The summed E-state index contributed by atoms with van der Waals surface area (Å²) in [6, 6.07) is 33.5. The molecule has 0 aliphatic heterocycles. The Morgan fingerprint density at radius 1 is 0.636 bits per heavy atom. The van der Waals surface area contributed by atoms with Crippen molar-refractivity contribution in [2.24, 2.45) is 0 Å². The maximum absolute atomic E-state index is 12.0. The highest BCUT2D eigenvalue weighted by atomic mass is 16.3. The molecular formula is C29H22O4. The molecule has 5 aromatic rings. The minimum atomic E-state index is -0.349. The SMILES string of the molecule is C(=C\c1ccccc1)/c1ccccc1.O=c1cc(-c2ccccc2)oc2cc(O)cc(O)c12. The molecule has 0 bridgehead atoms. The molecule has 0 radical (unpaired) electrons. The molecule has 5 rings (SSSR count). The molecule has 0 amide bonds. The van der Waals surface area contributed by atoms with Gasteiger partial charge >= 0.3 is 0 Å². The number of hydrogen-bond donors (Lipinski definition) is 2. The van der Waals surface area contributed by atoms with E-state index in [9.17, 15) is 15.0 Å². The van der Waals surface area contributed by atoms with Crippen molar-refractivity contribution in [1.82, 2.24) is 0 Å². The monoisotopic (exact) mass is 434 g/mol. The van der Waals surface area contributed by atoms with E-state index >= 15 is 0 Å². The smallest absolute Gasteiger partial charge is 0.197 e. The van der Waals surface area contributed by atoms with Crippen molar-refractivity contribution < 1.29 is 14.6 Å². The van der Waals surface area contributed by atoms with Gasteiger partial charge in [0.05, 0.1) is 0 Å². The highest BCUT2D eigenvalue weighted by Crippen LogP contribution is 2.30. The van der Waals surface area contributed by atoms with Gasteiger partial charge in [0.25, 0.3) is 0 Å². The standard InChI is InChI=1S/C15H10O4.C14H12/c16-10-6-11(17)15-12(18)8-13(19-14(15)7-10)9-4-2-1-3-5-9;1-3-7-13(8-4-1)11-12-14-9-5-2-6-10-14/h1-8,16-17H;1-12H/b;12-11+. The van der Waals surface area contributed by atoms with E-state index in [1.165, 1.54) is 23.3 Å². The molecule has 0 aliphatic carbocycles. The summed E-state index contributed by atoms with van der Waals surface area (Å²) in [6.07, 6.45) is 4.24. The van der Waals surface area contributed by atoms with Crippen LogP contribution in [0.1, 0.15) is 11.1 Å². The molecule has 0 unspecified atom stereocenters. The zero-order valence-electron chi connectivity index (χ0n) is 17.8. The maximum atomic E-state index is 12.0. The molecule has 162 valence electrons. The van der Waals surface area contributed by atoms with Gasteiger partial charge in [-0.1, -0.05) is 103 Å². The van der Waals surface area contributed by atoms with Gasteiger partial charge in [-0.25, -0.2) is 0 Å². The first-order chi connectivity index (χ1) is 16.1. The van der Waals surface area contributed by atoms with E-state index in [4.69, 9.17) is 4.42 Å². The molecule has 0 saturated carbocycles. The third-order valence-corrected chi connectivity index (χ3v) is 4.92. The minimum absolute atomic E-state index is 0.0671. The Balaban J connectivity index is 0.000000165. The third-order valence-electron chi connectivity index (χ3n) is 4.92. The molecule has 0 fully saturated rings. The first kappa shape index (κ1) is 21.7. The number of phenolic OH excluding ortho intramolecular Hbond substituents is 2. The largest absolute Gasteiger partial charge is 0.508 e. The van der Waals surface area contributed by atoms with Crippen molar-refractivity contribution in [2.45, 2.75) is 0 Å². The molecule has 4 heteroatoms. The number of phenols is 2. The first-order valence-electron chi connectivity index (χ1n) is 10.4. The van der Waals surface area contributed by atoms with Crippen LogP contribution in [0.5, 0.6) is 11.5 Å². The summed E-state index contributed by atoms with van der Waals surface area (Å²) in [5.74, 6) is -0.0511. The second-order valence-electron chi connectivity index (χ2n) is 7.33. The van der Waals surface area contributed by atoms with Gasteiger partial charge in [-0.05, 0) is 11.1 Å². The third kappa shape index (κ3) is 5.57. The topological polar surface area (TPSA) is 70.7 Å². The van der Waals surface area contributed by atoms with E-state index in [2.05, 4.69) is 36.4 Å². The molecule has 33 heavy (non-hydrogen) atoms. The summed E-state index contributed by atoms with van der Waals surface area (Å²) in [4.78, 5) is 12.0. The number of rotatable bonds is 3. The molecule has 0 atom stereocenters. The normalized spacial score (nSPS) is 10.7. The number of aromatic hydroxyl groups is 2. The highest BCUT2D eigenvalue weighted by molar-refractivity contribution is 5.86. The summed E-state index contributed by atoms with van der Waals surface area (Å²) >= 11 is 0. The van der Waals surface area contributed by atoms with Crippen molar-refractivity contribution in [2.75, 3.05) is 0 Å². The highest BCUT2D eigenvalue weighted by Gasteiger charge is 2.11. The van der Waals surface area contributed by atoms with Gasteiger partial charge in [0.1, 0.15) is 28.2 Å². The predicted octanol–water partition coefficient (Wildman–Crippen LogP) is 6.73. The van der Waals surface area contributed by atoms with E-state index in [-0.39, 0.29) is 27.9 Å². The molecule has 0 aliphatic rings. The fourth-order valence-electron chi connectivity index (χ4n) is 3.32. The van der Waals surface area contributed by atoms with Crippen LogP contribution >= 0.6 is 0 Å². The lowest BCUT2D eigenvalue weighted by atomic mass is 10.1. The Morgan fingerprint density at radius 3 is 1.70 bits per heavy atom. The average Bonchev–Trinajstić information content (AvgIpc) is 2.84. The summed E-state index contributed by atoms with van der Waals surface area (Å²) in [5.41, 5.74) is 3.03. The van der Waals surface area contributed by atoms with Gasteiger partial charge in [-0.2, -0.15) is 0 Å². The zero-order chi connectivity index (χ0) is 23.0. The van der Waals surface area contributed by atoms with Crippen molar-refractivity contribution in [3.8, 4) is 22.8 Å². The van der Waals surface area contributed by atoms with Crippen molar-refractivity contribution >= 4 is 23.1 Å². The van der Waals surface area contributed by atoms with Crippen LogP contribution in [-0.2, 0) is 0 Å². The van der Waals surface area contributed by atoms with Crippen molar-refractivity contribution in [3.63, 3.8) is 0 Å². The molecule has 1 heterocycles. The average molecular weight is 434 g/mol. The summed E-state index contributed by atoms with van der Waals surface area (Å²) < 4.78 is 5.57. The fraction of sp³-hybridized carbons (Fsp3) is 0. The number of benzene rings is 4. The molecule has 1 aromatic heterocycles. The maximum Gasteiger partial charge on any atom is 0.197 e. The van der Waals surface area contributed by atoms with Gasteiger partial charge in [0.15, 0.2) is 5.43 Å². The van der Waals surface area contributed by atoms with Gasteiger partial charge in [-0.15, -0.1) is 0 Å². The Morgan fingerprint density at radius 2 is 1.15 bits per heavy atom.